The second kappa shape index (κ2) is 10.2. The number of hydrogen-bond donors (Lipinski definition) is 0. The first-order chi connectivity index (χ1) is 14.3. The van der Waals surface area contributed by atoms with E-state index in [0.29, 0.717) is 23.0 Å². The molecule has 31 heavy (non-hydrogen) atoms. The Balaban J connectivity index is 2.64. The van der Waals surface area contributed by atoms with Gasteiger partial charge in [0, 0.05) is 6.42 Å². The van der Waals surface area contributed by atoms with Gasteiger partial charge in [-0.25, -0.2) is 0 Å². The van der Waals surface area contributed by atoms with Gasteiger partial charge in [0.05, 0.1) is 6.10 Å². The molecule has 2 aliphatic carbocycles. The minimum atomic E-state index is -2.13. The molecule has 0 unspecified atom stereocenters. The number of carbonyl (C=O) groups excluding carboxylic acids is 1. The molecule has 0 fully saturated rings. The summed E-state index contributed by atoms with van der Waals surface area (Å²) in [6.07, 6.45) is 11.0. The minimum absolute atomic E-state index is 0.181. The van der Waals surface area contributed by atoms with Crippen molar-refractivity contribution < 1.29 is 9.22 Å². The average molecular weight is 443 g/mol. The Morgan fingerprint density at radius 2 is 1.61 bits per heavy atom. The van der Waals surface area contributed by atoms with Crippen LogP contribution >= 0.6 is 0 Å². The lowest BCUT2D eigenvalue weighted by molar-refractivity contribution is -0.116. The van der Waals surface area contributed by atoms with E-state index in [2.05, 4.69) is 81.0 Å². The predicted octanol–water partition coefficient (Wildman–Crippen LogP) is 8.48. The van der Waals surface area contributed by atoms with Gasteiger partial charge in [-0.15, -0.1) is 0 Å². The maximum atomic E-state index is 12.9. The summed E-state index contributed by atoms with van der Waals surface area (Å²) in [7, 11) is -2.13. The highest BCUT2D eigenvalue weighted by Gasteiger charge is 2.48. The summed E-state index contributed by atoms with van der Waals surface area (Å²) in [5, 5.41) is 0. The van der Waals surface area contributed by atoms with Crippen molar-refractivity contribution in [2.75, 3.05) is 0 Å². The van der Waals surface area contributed by atoms with Gasteiger partial charge in [-0.05, 0) is 78.8 Å². The topological polar surface area (TPSA) is 26.3 Å². The van der Waals surface area contributed by atoms with Crippen LogP contribution in [0.1, 0.15) is 94.4 Å². The molecular formula is C28H46O2Si. The first kappa shape index (κ1) is 26.1. The van der Waals surface area contributed by atoms with E-state index in [1.54, 1.807) is 0 Å². The van der Waals surface area contributed by atoms with Crippen LogP contribution in [0, 0.1) is 5.41 Å². The maximum Gasteiger partial charge on any atom is 0.201 e. The van der Waals surface area contributed by atoms with E-state index in [0.717, 1.165) is 36.8 Å². The van der Waals surface area contributed by atoms with Gasteiger partial charge in [0.15, 0.2) is 5.78 Å². The zero-order valence-corrected chi connectivity index (χ0v) is 22.6. The van der Waals surface area contributed by atoms with Crippen LogP contribution in [-0.2, 0) is 9.22 Å². The van der Waals surface area contributed by atoms with Crippen LogP contribution in [0.25, 0.3) is 0 Å². The van der Waals surface area contributed by atoms with E-state index in [9.17, 15) is 4.79 Å². The SMILES string of the molecule is C=C1C2=CC(=O)C[C@]1(C)CC/C(C)=C/CC/C(C)=C/[C@@H]2O[Si](C(C)C)(C(C)C)C(C)C. The molecular weight excluding hydrogens is 396 g/mol. The van der Waals surface area contributed by atoms with Crippen LogP contribution in [0.2, 0.25) is 16.6 Å². The van der Waals surface area contributed by atoms with Gasteiger partial charge >= 0.3 is 0 Å². The highest BCUT2D eigenvalue weighted by molar-refractivity contribution is 6.77. The Morgan fingerprint density at radius 3 is 2.16 bits per heavy atom. The molecule has 0 N–H and O–H groups in total. The summed E-state index contributed by atoms with van der Waals surface area (Å²) in [6.45, 7) is 25.2. The third-order valence-corrected chi connectivity index (χ3v) is 13.9. The van der Waals surface area contributed by atoms with Crippen molar-refractivity contribution in [3.05, 3.63) is 47.1 Å². The molecule has 0 aromatic carbocycles. The highest BCUT2D eigenvalue weighted by atomic mass is 28.4. The van der Waals surface area contributed by atoms with E-state index in [1.807, 2.05) is 6.08 Å². The van der Waals surface area contributed by atoms with Crippen LogP contribution in [0.15, 0.2) is 47.1 Å². The van der Waals surface area contributed by atoms with Crippen molar-refractivity contribution >= 4 is 14.1 Å². The van der Waals surface area contributed by atoms with E-state index >= 15 is 0 Å². The van der Waals surface area contributed by atoms with Crippen molar-refractivity contribution in [3.8, 4) is 0 Å². The maximum absolute atomic E-state index is 12.9. The van der Waals surface area contributed by atoms with Crippen molar-refractivity contribution in [2.45, 2.75) is 117 Å². The van der Waals surface area contributed by atoms with Crippen LogP contribution in [0.3, 0.4) is 0 Å². The monoisotopic (exact) mass is 442 g/mol. The lowest BCUT2D eigenvalue weighted by Crippen LogP contribution is -2.50. The molecule has 2 nitrogen and oxygen atoms in total. The minimum Gasteiger partial charge on any atom is -0.406 e. The third-order valence-electron chi connectivity index (χ3n) is 7.84. The number of allylic oxidation sites excluding steroid dienone is 4. The Bertz CT molecular complexity index is 759. The van der Waals surface area contributed by atoms with Crippen molar-refractivity contribution in [3.63, 3.8) is 0 Å². The molecule has 0 saturated carbocycles. The summed E-state index contributed by atoms with van der Waals surface area (Å²) in [5.41, 5.74) is 6.17. The molecule has 2 bridgehead atoms. The molecule has 3 heteroatoms. The van der Waals surface area contributed by atoms with Crippen LogP contribution in [-0.4, -0.2) is 20.2 Å². The number of carbonyl (C=O) groups is 1. The highest BCUT2D eigenvalue weighted by Crippen LogP contribution is 2.48. The molecule has 0 aromatic heterocycles. The summed E-state index contributed by atoms with van der Waals surface area (Å²) < 4.78 is 7.27. The van der Waals surface area contributed by atoms with Crippen LogP contribution in [0.4, 0.5) is 0 Å². The van der Waals surface area contributed by atoms with Crippen LogP contribution < -0.4 is 0 Å². The fraction of sp³-hybridized carbons (Fsp3) is 0.679. The normalized spacial score (nSPS) is 29.8. The van der Waals surface area contributed by atoms with Crippen molar-refractivity contribution in [1.29, 1.82) is 0 Å². The predicted molar refractivity (Wildman–Crippen MR) is 137 cm³/mol. The standard InChI is InChI=1S/C28H46O2Si/c1-19(2)31(20(3)4,21(5)6)30-27-16-23(8)13-11-12-22(7)14-15-28(10)18-25(29)17-26(27)24(28)9/h12,16-17,19-21,27H,9,11,13-15,18H2,1-8,10H3/b22-12+,23-16+/t27-,28-/m0/s1. The quantitative estimate of drug-likeness (QED) is 0.315. The van der Waals surface area contributed by atoms with E-state index < -0.39 is 8.32 Å². The molecule has 2 aliphatic rings. The zero-order chi connectivity index (χ0) is 23.6. The van der Waals surface area contributed by atoms with Gasteiger partial charge < -0.3 is 4.43 Å². The van der Waals surface area contributed by atoms with E-state index in [-0.39, 0.29) is 17.3 Å². The Morgan fingerprint density at radius 1 is 1.03 bits per heavy atom. The fourth-order valence-corrected chi connectivity index (χ4v) is 11.4. The summed E-state index contributed by atoms with van der Waals surface area (Å²) in [6, 6.07) is 0. The average Bonchev–Trinajstić information content (AvgIpc) is 2.65. The summed E-state index contributed by atoms with van der Waals surface area (Å²) in [4.78, 5) is 12.9. The largest absolute Gasteiger partial charge is 0.406 e. The molecule has 2 rings (SSSR count). The second-order valence-electron chi connectivity index (χ2n) is 11.2. The Labute approximate surface area is 193 Å². The van der Waals surface area contributed by atoms with Crippen molar-refractivity contribution in [1.82, 2.24) is 0 Å². The van der Waals surface area contributed by atoms with Crippen LogP contribution in [0.5, 0.6) is 0 Å². The smallest absolute Gasteiger partial charge is 0.201 e. The Hall–Kier alpha value is -1.19. The summed E-state index contributed by atoms with van der Waals surface area (Å²) in [5.74, 6) is 0.217. The number of ketones is 1. The molecule has 0 saturated heterocycles. The van der Waals surface area contributed by atoms with Gasteiger partial charge in [0.2, 0.25) is 8.32 Å². The lowest BCUT2D eigenvalue weighted by Gasteiger charge is -2.46. The molecule has 0 spiro atoms. The second-order valence-corrected chi connectivity index (χ2v) is 16.6. The molecule has 0 amide bonds. The van der Waals surface area contributed by atoms with Crippen molar-refractivity contribution in [2.24, 2.45) is 5.41 Å². The van der Waals surface area contributed by atoms with E-state index in [4.69, 9.17) is 4.43 Å². The molecule has 2 atom stereocenters. The number of rotatable bonds is 5. The van der Waals surface area contributed by atoms with Gasteiger partial charge in [-0.1, -0.05) is 78.3 Å². The zero-order valence-electron chi connectivity index (χ0n) is 21.6. The lowest BCUT2D eigenvalue weighted by atomic mass is 9.67. The number of hydrogen-bond acceptors (Lipinski definition) is 2. The number of fused-ring (bicyclic) bond motifs is 2. The third kappa shape index (κ3) is 5.60. The fourth-order valence-electron chi connectivity index (χ4n) is 5.92. The van der Waals surface area contributed by atoms with Gasteiger partial charge in [0.1, 0.15) is 0 Å². The molecule has 0 aliphatic heterocycles. The van der Waals surface area contributed by atoms with Gasteiger partial charge in [-0.2, -0.15) is 0 Å². The molecule has 174 valence electrons. The Kier molecular flexibility index (Phi) is 8.55. The molecule has 0 radical (unpaired) electrons. The molecule has 0 heterocycles. The van der Waals surface area contributed by atoms with Gasteiger partial charge in [-0.3, -0.25) is 4.79 Å². The molecule has 0 aromatic rings. The van der Waals surface area contributed by atoms with Gasteiger partial charge in [0.25, 0.3) is 0 Å². The first-order valence-electron chi connectivity index (χ1n) is 12.3. The summed E-state index contributed by atoms with van der Waals surface area (Å²) >= 11 is 0. The van der Waals surface area contributed by atoms with E-state index in [1.165, 1.54) is 11.1 Å². The first-order valence-corrected chi connectivity index (χ1v) is 14.4.